The lowest BCUT2D eigenvalue weighted by Gasteiger charge is -2.26. The number of H-pyrrole nitrogens is 1. The first-order chi connectivity index (χ1) is 9.34. The van der Waals surface area contributed by atoms with Crippen LogP contribution in [0, 0.1) is 0 Å². The lowest BCUT2D eigenvalue weighted by Crippen LogP contribution is -2.38. The summed E-state index contributed by atoms with van der Waals surface area (Å²) in [6.07, 6.45) is 6.22. The van der Waals surface area contributed by atoms with Gasteiger partial charge >= 0.3 is 0 Å². The Labute approximate surface area is 111 Å². The molecule has 1 aliphatic heterocycles. The molecule has 2 aromatic heterocycles. The molecule has 6 heteroatoms. The first-order valence-corrected chi connectivity index (χ1v) is 6.64. The SMILES string of the molecule is O=C1CCCCN1CCNc1ncnc2cc[nH]c12. The number of aromatic amines is 1. The molecule has 3 heterocycles. The summed E-state index contributed by atoms with van der Waals surface area (Å²) in [6, 6.07) is 1.91. The van der Waals surface area contributed by atoms with Crippen molar-refractivity contribution in [1.29, 1.82) is 0 Å². The molecule has 1 saturated heterocycles. The lowest BCUT2D eigenvalue weighted by molar-refractivity contribution is -0.133. The highest BCUT2D eigenvalue weighted by atomic mass is 16.2. The van der Waals surface area contributed by atoms with Crippen molar-refractivity contribution < 1.29 is 4.79 Å². The molecule has 0 atom stereocenters. The summed E-state index contributed by atoms with van der Waals surface area (Å²) in [5.74, 6) is 1.06. The lowest BCUT2D eigenvalue weighted by atomic mass is 10.1. The van der Waals surface area contributed by atoms with Crippen LogP contribution in [0.15, 0.2) is 18.6 Å². The Balaban J connectivity index is 1.60. The molecule has 0 bridgehead atoms. The smallest absolute Gasteiger partial charge is 0.222 e. The normalized spacial score (nSPS) is 16.0. The fraction of sp³-hybridized carbons (Fsp3) is 0.462. The number of carbonyl (C=O) groups excluding carboxylic acids is 1. The summed E-state index contributed by atoms with van der Waals surface area (Å²) in [7, 11) is 0. The maximum atomic E-state index is 11.7. The Bertz CT molecular complexity index is 579. The van der Waals surface area contributed by atoms with Gasteiger partial charge in [-0.3, -0.25) is 4.79 Å². The topological polar surface area (TPSA) is 73.9 Å². The Morgan fingerprint density at radius 3 is 3.21 bits per heavy atom. The minimum absolute atomic E-state index is 0.265. The zero-order chi connectivity index (χ0) is 13.1. The number of hydrogen-bond acceptors (Lipinski definition) is 4. The molecule has 1 aliphatic rings. The van der Waals surface area contributed by atoms with E-state index < -0.39 is 0 Å². The van der Waals surface area contributed by atoms with Gasteiger partial charge in [0.05, 0.1) is 5.52 Å². The van der Waals surface area contributed by atoms with Crippen molar-refractivity contribution in [2.24, 2.45) is 0 Å². The molecule has 6 nitrogen and oxygen atoms in total. The fourth-order valence-corrected chi connectivity index (χ4v) is 2.41. The number of nitrogens with one attached hydrogen (secondary N) is 2. The molecule has 1 fully saturated rings. The maximum absolute atomic E-state index is 11.7. The van der Waals surface area contributed by atoms with Crippen molar-refractivity contribution in [3.63, 3.8) is 0 Å². The molecule has 0 unspecified atom stereocenters. The number of rotatable bonds is 4. The number of carbonyl (C=O) groups is 1. The number of piperidine rings is 1. The number of likely N-dealkylation sites (tertiary alicyclic amines) is 1. The van der Waals surface area contributed by atoms with Crippen molar-refractivity contribution in [2.75, 3.05) is 25.0 Å². The number of hydrogen-bond donors (Lipinski definition) is 2. The third-order valence-electron chi connectivity index (χ3n) is 3.44. The van der Waals surface area contributed by atoms with Crippen LogP contribution in [0.3, 0.4) is 0 Å². The Morgan fingerprint density at radius 1 is 1.37 bits per heavy atom. The zero-order valence-electron chi connectivity index (χ0n) is 10.7. The molecule has 19 heavy (non-hydrogen) atoms. The standard InChI is InChI=1S/C13H17N5O/c19-11-3-1-2-7-18(11)8-6-15-13-12-10(4-5-14-12)16-9-17-13/h4-5,9,14H,1-3,6-8H2,(H,15,16,17). The quantitative estimate of drug-likeness (QED) is 0.870. The third kappa shape index (κ3) is 2.52. The zero-order valence-corrected chi connectivity index (χ0v) is 10.7. The van der Waals surface area contributed by atoms with E-state index in [9.17, 15) is 4.79 Å². The van der Waals surface area contributed by atoms with E-state index in [0.29, 0.717) is 13.0 Å². The highest BCUT2D eigenvalue weighted by molar-refractivity contribution is 5.85. The number of amides is 1. The van der Waals surface area contributed by atoms with Gasteiger partial charge in [-0.05, 0) is 18.9 Å². The Kier molecular flexibility index (Phi) is 3.31. The molecule has 1 amide bonds. The molecule has 3 rings (SSSR count). The van der Waals surface area contributed by atoms with Gasteiger partial charge in [0.25, 0.3) is 0 Å². The molecular formula is C13H17N5O. The molecule has 0 radical (unpaired) electrons. The van der Waals surface area contributed by atoms with Crippen molar-refractivity contribution in [3.05, 3.63) is 18.6 Å². The molecule has 0 spiro atoms. The monoisotopic (exact) mass is 259 g/mol. The van der Waals surface area contributed by atoms with Gasteiger partial charge in [-0.1, -0.05) is 0 Å². The second-order valence-electron chi connectivity index (χ2n) is 4.72. The molecular weight excluding hydrogens is 242 g/mol. The van der Waals surface area contributed by atoms with E-state index in [-0.39, 0.29) is 5.91 Å². The van der Waals surface area contributed by atoms with Gasteiger partial charge in [-0.2, -0.15) is 0 Å². The van der Waals surface area contributed by atoms with E-state index in [1.165, 1.54) is 0 Å². The van der Waals surface area contributed by atoms with Crippen LogP contribution in [0.2, 0.25) is 0 Å². The van der Waals surface area contributed by atoms with Crippen LogP contribution in [-0.2, 0) is 4.79 Å². The average Bonchev–Trinajstić information content (AvgIpc) is 2.90. The Hall–Kier alpha value is -2.11. The predicted molar refractivity (Wildman–Crippen MR) is 72.8 cm³/mol. The average molecular weight is 259 g/mol. The van der Waals surface area contributed by atoms with Crippen molar-refractivity contribution in [3.8, 4) is 0 Å². The van der Waals surface area contributed by atoms with Gasteiger partial charge in [0, 0.05) is 32.3 Å². The van der Waals surface area contributed by atoms with Crippen LogP contribution in [0.5, 0.6) is 0 Å². The molecule has 0 aromatic carbocycles. The summed E-state index contributed by atoms with van der Waals surface area (Å²) < 4.78 is 0. The summed E-state index contributed by atoms with van der Waals surface area (Å²) in [5.41, 5.74) is 1.80. The Morgan fingerprint density at radius 2 is 2.32 bits per heavy atom. The summed E-state index contributed by atoms with van der Waals surface area (Å²) in [6.45, 7) is 2.31. The van der Waals surface area contributed by atoms with E-state index in [0.717, 1.165) is 42.8 Å². The molecule has 2 aromatic rings. The maximum Gasteiger partial charge on any atom is 0.222 e. The fourth-order valence-electron chi connectivity index (χ4n) is 2.41. The predicted octanol–water partition coefficient (Wildman–Crippen LogP) is 1.38. The van der Waals surface area contributed by atoms with Crippen LogP contribution >= 0.6 is 0 Å². The van der Waals surface area contributed by atoms with Crippen molar-refractivity contribution in [2.45, 2.75) is 19.3 Å². The minimum atomic E-state index is 0.265. The summed E-state index contributed by atoms with van der Waals surface area (Å²) in [4.78, 5) is 25.1. The highest BCUT2D eigenvalue weighted by Gasteiger charge is 2.17. The molecule has 0 aliphatic carbocycles. The van der Waals surface area contributed by atoms with Crippen LogP contribution < -0.4 is 5.32 Å². The third-order valence-corrected chi connectivity index (χ3v) is 3.44. The van der Waals surface area contributed by atoms with Gasteiger partial charge in [0.15, 0.2) is 5.82 Å². The van der Waals surface area contributed by atoms with E-state index in [1.807, 2.05) is 17.2 Å². The summed E-state index contributed by atoms with van der Waals surface area (Å²) >= 11 is 0. The number of fused-ring (bicyclic) bond motifs is 1. The number of nitrogens with zero attached hydrogens (tertiary/aromatic N) is 3. The van der Waals surface area contributed by atoms with E-state index >= 15 is 0 Å². The van der Waals surface area contributed by atoms with Crippen LogP contribution in [0.25, 0.3) is 11.0 Å². The van der Waals surface area contributed by atoms with Gasteiger partial charge in [0.2, 0.25) is 5.91 Å². The van der Waals surface area contributed by atoms with Gasteiger partial charge in [0.1, 0.15) is 11.8 Å². The van der Waals surface area contributed by atoms with Crippen LogP contribution in [0.1, 0.15) is 19.3 Å². The molecule has 100 valence electrons. The van der Waals surface area contributed by atoms with Gasteiger partial charge in [-0.15, -0.1) is 0 Å². The van der Waals surface area contributed by atoms with E-state index in [1.54, 1.807) is 6.33 Å². The molecule has 2 N–H and O–H groups in total. The van der Waals surface area contributed by atoms with Gasteiger partial charge < -0.3 is 15.2 Å². The van der Waals surface area contributed by atoms with Crippen molar-refractivity contribution >= 4 is 22.8 Å². The van der Waals surface area contributed by atoms with E-state index in [4.69, 9.17) is 0 Å². The second kappa shape index (κ2) is 5.26. The van der Waals surface area contributed by atoms with Crippen molar-refractivity contribution in [1.82, 2.24) is 19.9 Å². The van der Waals surface area contributed by atoms with Crippen LogP contribution in [-0.4, -0.2) is 45.4 Å². The number of aromatic nitrogens is 3. The van der Waals surface area contributed by atoms with Gasteiger partial charge in [-0.25, -0.2) is 9.97 Å². The minimum Gasteiger partial charge on any atom is -0.366 e. The second-order valence-corrected chi connectivity index (χ2v) is 4.72. The van der Waals surface area contributed by atoms with E-state index in [2.05, 4.69) is 20.3 Å². The number of anilines is 1. The highest BCUT2D eigenvalue weighted by Crippen LogP contribution is 2.16. The first kappa shape index (κ1) is 12.0. The van der Waals surface area contributed by atoms with Crippen LogP contribution in [0.4, 0.5) is 5.82 Å². The summed E-state index contributed by atoms with van der Waals surface area (Å²) in [5, 5.41) is 3.27. The molecule has 0 saturated carbocycles. The first-order valence-electron chi connectivity index (χ1n) is 6.64. The largest absolute Gasteiger partial charge is 0.366 e.